The van der Waals surface area contributed by atoms with Gasteiger partial charge >= 0.3 is 5.97 Å². The third-order valence-electron chi connectivity index (χ3n) is 4.46. The Morgan fingerprint density at radius 2 is 1.62 bits per heavy atom. The van der Waals surface area contributed by atoms with E-state index in [0.717, 1.165) is 11.1 Å². The van der Waals surface area contributed by atoms with Crippen molar-refractivity contribution in [2.45, 2.75) is 12.8 Å². The number of hydrogen-bond acceptors (Lipinski definition) is 5. The van der Waals surface area contributed by atoms with Crippen LogP contribution in [-0.4, -0.2) is 38.3 Å². The lowest BCUT2D eigenvalue weighted by Gasteiger charge is -2.08. The highest BCUT2D eigenvalue weighted by Gasteiger charge is 2.30. The largest absolute Gasteiger partial charge is 0.457 e. The number of benzene rings is 2. The van der Waals surface area contributed by atoms with E-state index >= 15 is 0 Å². The Labute approximate surface area is 152 Å². The zero-order valence-corrected chi connectivity index (χ0v) is 15.1. The molecule has 2 aromatic rings. The molecule has 0 saturated carbocycles. The zero-order chi connectivity index (χ0) is 18.6. The molecule has 1 fully saturated rings. The van der Waals surface area contributed by atoms with Crippen LogP contribution in [-0.2, 0) is 19.4 Å². The number of sulfone groups is 1. The van der Waals surface area contributed by atoms with Crippen molar-refractivity contribution in [1.82, 2.24) is 0 Å². The van der Waals surface area contributed by atoms with Gasteiger partial charge in [-0.15, -0.1) is 0 Å². The minimum absolute atomic E-state index is 0.0248. The van der Waals surface area contributed by atoms with E-state index in [2.05, 4.69) is 0 Å². The summed E-state index contributed by atoms with van der Waals surface area (Å²) in [6, 6.07) is 16.9. The molecule has 136 valence electrons. The summed E-state index contributed by atoms with van der Waals surface area (Å²) in [4.78, 5) is 24.0. The van der Waals surface area contributed by atoms with Crippen molar-refractivity contribution < 1.29 is 22.7 Å². The van der Waals surface area contributed by atoms with Crippen molar-refractivity contribution in [3.05, 3.63) is 60.2 Å². The summed E-state index contributed by atoms with van der Waals surface area (Å²) in [5, 5.41) is 0. The van der Waals surface area contributed by atoms with Gasteiger partial charge in [0.15, 0.2) is 22.2 Å². The molecule has 1 aliphatic heterocycles. The van der Waals surface area contributed by atoms with E-state index in [9.17, 15) is 18.0 Å². The van der Waals surface area contributed by atoms with Gasteiger partial charge < -0.3 is 4.74 Å². The van der Waals surface area contributed by atoms with E-state index < -0.39 is 15.8 Å². The van der Waals surface area contributed by atoms with E-state index in [-0.39, 0.29) is 36.2 Å². The standard InChI is InChI=1S/C20H20O5S/c21-19(13-25-20(22)12-15-10-11-26(23,24)14-15)18-8-6-17(7-9-18)16-4-2-1-3-5-16/h1-9,15H,10-14H2/t15-/m0/s1. The molecule has 5 nitrogen and oxygen atoms in total. The number of ether oxygens (including phenoxy) is 1. The maximum Gasteiger partial charge on any atom is 0.306 e. The molecule has 2 aromatic carbocycles. The minimum atomic E-state index is -3.02. The quantitative estimate of drug-likeness (QED) is 0.575. The lowest BCUT2D eigenvalue weighted by molar-refractivity contribution is -0.143. The molecule has 26 heavy (non-hydrogen) atoms. The van der Waals surface area contributed by atoms with Gasteiger partial charge in [0.1, 0.15) is 0 Å². The van der Waals surface area contributed by atoms with E-state index in [1.54, 1.807) is 12.1 Å². The number of ketones is 1. The highest BCUT2D eigenvalue weighted by atomic mass is 32.2. The summed E-state index contributed by atoms with van der Waals surface area (Å²) in [5.74, 6) is -0.861. The maximum absolute atomic E-state index is 12.2. The van der Waals surface area contributed by atoms with Gasteiger partial charge in [0, 0.05) is 12.0 Å². The normalized spacial score (nSPS) is 18.4. The summed E-state index contributed by atoms with van der Waals surface area (Å²) >= 11 is 0. The molecule has 6 heteroatoms. The number of hydrogen-bond donors (Lipinski definition) is 0. The molecule has 1 atom stereocenters. The molecule has 0 amide bonds. The topological polar surface area (TPSA) is 77.5 Å². The number of rotatable bonds is 6. The Balaban J connectivity index is 1.51. The van der Waals surface area contributed by atoms with Crippen molar-refractivity contribution in [2.24, 2.45) is 5.92 Å². The molecule has 0 spiro atoms. The predicted molar refractivity (Wildman–Crippen MR) is 98.5 cm³/mol. The monoisotopic (exact) mass is 372 g/mol. The van der Waals surface area contributed by atoms with E-state index in [4.69, 9.17) is 4.74 Å². The first kappa shape index (κ1) is 18.3. The van der Waals surface area contributed by atoms with E-state index in [1.165, 1.54) is 0 Å². The summed E-state index contributed by atoms with van der Waals surface area (Å²) in [7, 11) is -3.02. The van der Waals surface area contributed by atoms with Crippen LogP contribution < -0.4 is 0 Å². The number of esters is 1. The van der Waals surface area contributed by atoms with Gasteiger partial charge in [-0.1, -0.05) is 54.6 Å². The van der Waals surface area contributed by atoms with Gasteiger partial charge in [-0.05, 0) is 23.5 Å². The first-order chi connectivity index (χ1) is 12.4. The van der Waals surface area contributed by atoms with Crippen molar-refractivity contribution in [1.29, 1.82) is 0 Å². The summed E-state index contributed by atoms with van der Waals surface area (Å²) in [6.07, 6.45) is 0.520. The number of carbonyl (C=O) groups excluding carboxylic acids is 2. The van der Waals surface area contributed by atoms with Crippen LogP contribution in [0.15, 0.2) is 54.6 Å². The van der Waals surface area contributed by atoms with Gasteiger partial charge in [0.2, 0.25) is 0 Å². The molecule has 0 aromatic heterocycles. The van der Waals surface area contributed by atoms with Crippen LogP contribution in [0.1, 0.15) is 23.2 Å². The SMILES string of the molecule is O=C(C[C@@H]1CCS(=O)(=O)C1)OCC(=O)c1ccc(-c2ccccc2)cc1. The summed E-state index contributed by atoms with van der Waals surface area (Å²) in [5.41, 5.74) is 2.53. The van der Waals surface area contributed by atoms with Crippen molar-refractivity contribution in [3.63, 3.8) is 0 Å². The number of carbonyl (C=O) groups is 2. The van der Waals surface area contributed by atoms with Gasteiger partial charge in [0.05, 0.1) is 11.5 Å². The van der Waals surface area contributed by atoms with Gasteiger partial charge in [-0.3, -0.25) is 9.59 Å². The Morgan fingerprint density at radius 3 is 2.23 bits per heavy atom. The highest BCUT2D eigenvalue weighted by molar-refractivity contribution is 7.91. The van der Waals surface area contributed by atoms with Gasteiger partial charge in [-0.25, -0.2) is 8.42 Å². The minimum Gasteiger partial charge on any atom is -0.457 e. The van der Waals surface area contributed by atoms with Crippen LogP contribution in [0, 0.1) is 5.92 Å². The molecule has 0 bridgehead atoms. The first-order valence-electron chi connectivity index (χ1n) is 8.48. The smallest absolute Gasteiger partial charge is 0.306 e. The van der Waals surface area contributed by atoms with Crippen LogP contribution in [0.5, 0.6) is 0 Å². The Kier molecular flexibility index (Phi) is 5.52. The first-order valence-corrected chi connectivity index (χ1v) is 10.3. The van der Waals surface area contributed by atoms with Crippen molar-refractivity contribution in [2.75, 3.05) is 18.1 Å². The molecule has 0 aliphatic carbocycles. The molecular weight excluding hydrogens is 352 g/mol. The van der Waals surface area contributed by atoms with Gasteiger partial charge in [-0.2, -0.15) is 0 Å². The third-order valence-corrected chi connectivity index (χ3v) is 6.30. The lowest BCUT2D eigenvalue weighted by Crippen LogP contribution is -2.17. The van der Waals surface area contributed by atoms with Crippen LogP contribution >= 0.6 is 0 Å². The van der Waals surface area contributed by atoms with Crippen LogP contribution in [0.4, 0.5) is 0 Å². The molecule has 0 radical (unpaired) electrons. The zero-order valence-electron chi connectivity index (χ0n) is 14.3. The Hall–Kier alpha value is -2.47. The molecule has 1 saturated heterocycles. The molecule has 1 heterocycles. The number of Topliss-reactive ketones (excluding diaryl/α,β-unsaturated/α-hetero) is 1. The molecule has 0 N–H and O–H groups in total. The lowest BCUT2D eigenvalue weighted by atomic mass is 10.0. The Morgan fingerprint density at radius 1 is 0.962 bits per heavy atom. The summed E-state index contributed by atoms with van der Waals surface area (Å²) in [6.45, 7) is -0.330. The average molecular weight is 372 g/mol. The maximum atomic E-state index is 12.2. The average Bonchev–Trinajstić information content (AvgIpc) is 2.99. The van der Waals surface area contributed by atoms with E-state index in [1.807, 2.05) is 42.5 Å². The Bertz CT molecular complexity index is 886. The fraction of sp³-hybridized carbons (Fsp3) is 0.300. The molecular formula is C20H20O5S. The predicted octanol–water partition coefficient (Wildman–Crippen LogP) is 2.90. The summed E-state index contributed by atoms with van der Waals surface area (Å²) < 4.78 is 27.8. The second-order valence-corrected chi connectivity index (χ2v) is 8.73. The molecule has 3 rings (SSSR count). The second kappa shape index (κ2) is 7.83. The third kappa shape index (κ3) is 4.79. The van der Waals surface area contributed by atoms with Crippen LogP contribution in [0.3, 0.4) is 0 Å². The fourth-order valence-corrected chi connectivity index (χ4v) is 4.90. The molecule has 1 aliphatic rings. The second-order valence-electron chi connectivity index (χ2n) is 6.50. The molecule has 0 unspecified atom stereocenters. The fourth-order valence-electron chi connectivity index (χ4n) is 3.04. The van der Waals surface area contributed by atoms with Crippen LogP contribution in [0.25, 0.3) is 11.1 Å². The highest BCUT2D eigenvalue weighted by Crippen LogP contribution is 2.22. The van der Waals surface area contributed by atoms with Gasteiger partial charge in [0.25, 0.3) is 0 Å². The van der Waals surface area contributed by atoms with Crippen LogP contribution in [0.2, 0.25) is 0 Å². The van der Waals surface area contributed by atoms with Crippen molar-refractivity contribution >= 4 is 21.6 Å². The van der Waals surface area contributed by atoms with E-state index in [0.29, 0.717) is 12.0 Å². The van der Waals surface area contributed by atoms with Crippen molar-refractivity contribution in [3.8, 4) is 11.1 Å².